The maximum Gasteiger partial charge on any atom is 0.340 e. The van der Waals surface area contributed by atoms with Crippen LogP contribution in [0, 0.1) is 5.82 Å². The van der Waals surface area contributed by atoms with E-state index in [4.69, 9.17) is 18.9 Å². The summed E-state index contributed by atoms with van der Waals surface area (Å²) in [6, 6.07) is 10.5. The van der Waals surface area contributed by atoms with Crippen molar-refractivity contribution in [2.75, 3.05) is 26.6 Å². The third-order valence-corrected chi connectivity index (χ3v) is 5.41. The minimum absolute atomic E-state index is 0.0672. The van der Waals surface area contributed by atoms with Gasteiger partial charge in [-0.05, 0) is 29.6 Å². The Morgan fingerprint density at radius 1 is 0.969 bits per heavy atom. The van der Waals surface area contributed by atoms with Gasteiger partial charge in [-0.25, -0.2) is 9.18 Å². The number of ether oxygens (including phenoxy) is 4. The fourth-order valence-electron chi connectivity index (χ4n) is 3.00. The lowest BCUT2D eigenvalue weighted by atomic mass is 10.1. The topological polar surface area (TPSA) is 83.1 Å². The number of hydrogen-bond donors (Lipinski definition) is 1. The molecule has 0 radical (unpaired) electrons. The summed E-state index contributed by atoms with van der Waals surface area (Å²) in [5, 5.41) is 4.61. The molecule has 0 saturated carbocycles. The largest absolute Gasteiger partial charge is 0.496 e. The summed E-state index contributed by atoms with van der Waals surface area (Å²) in [6.45, 7) is -0.226. The zero-order chi connectivity index (χ0) is 23.1. The van der Waals surface area contributed by atoms with Crippen molar-refractivity contribution in [2.45, 2.75) is 13.0 Å². The number of anilines is 1. The number of thiophene rings is 1. The van der Waals surface area contributed by atoms with Crippen LogP contribution in [0.3, 0.4) is 0 Å². The van der Waals surface area contributed by atoms with E-state index < -0.39 is 11.8 Å². The lowest BCUT2D eigenvalue weighted by Crippen LogP contribution is -2.17. The van der Waals surface area contributed by atoms with Gasteiger partial charge in [0, 0.05) is 22.6 Å². The van der Waals surface area contributed by atoms with Crippen LogP contribution < -0.4 is 19.5 Å². The highest BCUT2D eigenvalue weighted by atomic mass is 32.1. The molecule has 2 aromatic carbocycles. The standard InChI is InChI=1S/C23H22FNO6S/c1-28-19-7-6-15(24)9-14(19)13-31-23(27)17-11-20(29-2)21(30-3)12-18(17)25-22(26)10-16-5-4-8-32-16/h4-9,11-12H,10,13H2,1-3H3,(H,25,26). The molecule has 0 spiro atoms. The van der Waals surface area contributed by atoms with Crippen LogP contribution in [0.5, 0.6) is 17.2 Å². The van der Waals surface area contributed by atoms with Gasteiger partial charge in [0.15, 0.2) is 11.5 Å². The Hall–Kier alpha value is -3.59. The van der Waals surface area contributed by atoms with Crippen LogP contribution in [0.2, 0.25) is 0 Å². The first kappa shape index (κ1) is 23.1. The Labute approximate surface area is 188 Å². The summed E-state index contributed by atoms with van der Waals surface area (Å²) in [5.74, 6) is -0.508. The molecule has 1 N–H and O–H groups in total. The predicted octanol–water partition coefficient (Wildman–Crippen LogP) is 4.45. The molecule has 1 heterocycles. The van der Waals surface area contributed by atoms with Gasteiger partial charge in [0.05, 0.1) is 39.0 Å². The fourth-order valence-corrected chi connectivity index (χ4v) is 3.70. The van der Waals surface area contributed by atoms with E-state index in [9.17, 15) is 14.0 Å². The van der Waals surface area contributed by atoms with Gasteiger partial charge < -0.3 is 24.3 Å². The third kappa shape index (κ3) is 5.55. The molecule has 9 heteroatoms. The summed E-state index contributed by atoms with van der Waals surface area (Å²) in [4.78, 5) is 26.3. The Balaban J connectivity index is 1.85. The van der Waals surface area contributed by atoms with E-state index in [0.29, 0.717) is 22.8 Å². The molecule has 7 nitrogen and oxygen atoms in total. The zero-order valence-corrected chi connectivity index (χ0v) is 18.6. The Kier molecular flexibility index (Phi) is 7.67. The highest BCUT2D eigenvalue weighted by Crippen LogP contribution is 2.34. The van der Waals surface area contributed by atoms with Crippen molar-refractivity contribution in [3.05, 3.63) is 69.7 Å². The summed E-state index contributed by atoms with van der Waals surface area (Å²) < 4.78 is 34.7. The fraction of sp³-hybridized carbons (Fsp3) is 0.217. The van der Waals surface area contributed by atoms with E-state index in [1.807, 2.05) is 17.5 Å². The van der Waals surface area contributed by atoms with Crippen LogP contribution in [-0.4, -0.2) is 33.2 Å². The molecule has 3 aromatic rings. The highest BCUT2D eigenvalue weighted by molar-refractivity contribution is 7.10. The van der Waals surface area contributed by atoms with Crippen LogP contribution in [0.4, 0.5) is 10.1 Å². The summed E-state index contributed by atoms with van der Waals surface area (Å²) in [5.41, 5.74) is 0.641. The molecule has 3 rings (SSSR count). The third-order valence-electron chi connectivity index (χ3n) is 4.53. The molecule has 0 atom stereocenters. The minimum Gasteiger partial charge on any atom is -0.496 e. The second-order valence-electron chi connectivity index (χ2n) is 6.59. The molecule has 0 unspecified atom stereocenters. The molecule has 0 saturated heterocycles. The number of hydrogen-bond acceptors (Lipinski definition) is 7. The molecule has 0 aliphatic carbocycles. The number of halogens is 1. The Morgan fingerprint density at radius 2 is 1.69 bits per heavy atom. The van der Waals surface area contributed by atoms with Crippen molar-refractivity contribution < 1.29 is 32.9 Å². The Bertz CT molecular complexity index is 1100. The lowest BCUT2D eigenvalue weighted by molar-refractivity contribution is -0.115. The predicted molar refractivity (Wildman–Crippen MR) is 118 cm³/mol. The number of esters is 1. The molecule has 1 aromatic heterocycles. The lowest BCUT2D eigenvalue weighted by Gasteiger charge is -2.16. The number of methoxy groups -OCH3 is 3. The van der Waals surface area contributed by atoms with Gasteiger partial charge in [0.2, 0.25) is 5.91 Å². The monoisotopic (exact) mass is 459 g/mol. The van der Waals surface area contributed by atoms with Crippen LogP contribution in [0.25, 0.3) is 0 Å². The van der Waals surface area contributed by atoms with Crippen molar-refractivity contribution in [3.63, 3.8) is 0 Å². The van der Waals surface area contributed by atoms with Gasteiger partial charge in [0.25, 0.3) is 0 Å². The molecule has 0 fully saturated rings. The van der Waals surface area contributed by atoms with Gasteiger partial charge in [-0.2, -0.15) is 0 Å². The number of rotatable bonds is 9. The van der Waals surface area contributed by atoms with E-state index in [1.54, 1.807) is 0 Å². The van der Waals surface area contributed by atoms with E-state index >= 15 is 0 Å². The SMILES string of the molecule is COc1ccc(F)cc1COC(=O)c1cc(OC)c(OC)cc1NC(=O)Cc1cccs1. The average molecular weight is 459 g/mol. The first-order chi connectivity index (χ1) is 15.4. The van der Waals surface area contributed by atoms with Crippen molar-refractivity contribution in [2.24, 2.45) is 0 Å². The Morgan fingerprint density at radius 3 is 2.34 bits per heavy atom. The highest BCUT2D eigenvalue weighted by Gasteiger charge is 2.21. The van der Waals surface area contributed by atoms with Crippen LogP contribution in [-0.2, 0) is 22.6 Å². The summed E-state index contributed by atoms with van der Waals surface area (Å²) in [7, 11) is 4.32. The molecule has 168 valence electrons. The van der Waals surface area contributed by atoms with Gasteiger partial charge in [-0.3, -0.25) is 4.79 Å². The molecule has 1 amide bonds. The summed E-state index contributed by atoms with van der Waals surface area (Å²) >= 11 is 1.46. The van der Waals surface area contributed by atoms with E-state index in [2.05, 4.69) is 5.32 Å². The van der Waals surface area contributed by atoms with E-state index in [0.717, 1.165) is 4.88 Å². The maximum absolute atomic E-state index is 13.6. The molecule has 32 heavy (non-hydrogen) atoms. The van der Waals surface area contributed by atoms with Crippen LogP contribution in [0.1, 0.15) is 20.8 Å². The average Bonchev–Trinajstić information content (AvgIpc) is 3.30. The van der Waals surface area contributed by atoms with Crippen molar-refractivity contribution >= 4 is 28.9 Å². The molecule has 0 aliphatic rings. The first-order valence-corrected chi connectivity index (χ1v) is 10.4. The zero-order valence-electron chi connectivity index (χ0n) is 17.8. The molecule has 0 aliphatic heterocycles. The number of nitrogens with one attached hydrogen (secondary N) is 1. The maximum atomic E-state index is 13.6. The van der Waals surface area contributed by atoms with E-state index in [-0.39, 0.29) is 30.2 Å². The number of carbonyl (C=O) groups excluding carboxylic acids is 2. The number of amides is 1. The molecular weight excluding hydrogens is 437 g/mol. The van der Waals surface area contributed by atoms with Crippen molar-refractivity contribution in [1.29, 1.82) is 0 Å². The molecule has 0 bridgehead atoms. The van der Waals surface area contributed by atoms with Crippen molar-refractivity contribution in [1.82, 2.24) is 0 Å². The first-order valence-electron chi connectivity index (χ1n) is 9.53. The van der Waals surface area contributed by atoms with Gasteiger partial charge in [0.1, 0.15) is 18.2 Å². The minimum atomic E-state index is -0.733. The molecular formula is C23H22FNO6S. The normalized spacial score (nSPS) is 10.4. The van der Waals surface area contributed by atoms with Gasteiger partial charge in [-0.1, -0.05) is 6.07 Å². The van der Waals surface area contributed by atoms with Crippen LogP contribution in [0.15, 0.2) is 47.8 Å². The second kappa shape index (κ2) is 10.6. The number of benzene rings is 2. The van der Waals surface area contributed by atoms with Crippen LogP contribution >= 0.6 is 11.3 Å². The van der Waals surface area contributed by atoms with Crippen molar-refractivity contribution in [3.8, 4) is 17.2 Å². The van der Waals surface area contributed by atoms with Gasteiger partial charge >= 0.3 is 5.97 Å². The number of carbonyl (C=O) groups is 2. The summed E-state index contributed by atoms with van der Waals surface area (Å²) in [6.07, 6.45) is 0.154. The van der Waals surface area contributed by atoms with Gasteiger partial charge in [-0.15, -0.1) is 11.3 Å². The quantitative estimate of drug-likeness (QED) is 0.476. The van der Waals surface area contributed by atoms with E-state index in [1.165, 1.54) is 63.0 Å². The smallest absolute Gasteiger partial charge is 0.340 e. The second-order valence-corrected chi connectivity index (χ2v) is 7.62.